The van der Waals surface area contributed by atoms with Crippen molar-refractivity contribution >= 4 is 45.6 Å². The molecule has 1 amide bonds. The highest BCUT2D eigenvalue weighted by Gasteiger charge is 2.20. The van der Waals surface area contributed by atoms with Gasteiger partial charge < -0.3 is 10.6 Å². The Hall–Kier alpha value is -3.88. The molecular weight excluding hydrogens is 496 g/mol. The van der Waals surface area contributed by atoms with Gasteiger partial charge in [-0.3, -0.25) is 9.69 Å². The summed E-state index contributed by atoms with van der Waals surface area (Å²) in [7, 11) is 2.04. The SMILES string of the molecule is CN1CCCC1C=CC(=O)Nc1ccc2ncnc(Nc3ccc(F)c(Cl)c3F)c2c1-c1ccccc1. The maximum absolute atomic E-state index is 14.7. The third-order valence-electron chi connectivity index (χ3n) is 6.46. The van der Waals surface area contributed by atoms with Crippen molar-refractivity contribution in [2.75, 3.05) is 24.2 Å². The fourth-order valence-electron chi connectivity index (χ4n) is 4.56. The second-order valence-corrected chi connectivity index (χ2v) is 9.23. The number of fused-ring (bicyclic) bond motifs is 1. The normalized spacial score (nSPS) is 15.9. The van der Waals surface area contributed by atoms with Gasteiger partial charge in [0.15, 0.2) is 5.82 Å². The van der Waals surface area contributed by atoms with Crippen LogP contribution in [0.3, 0.4) is 0 Å². The molecule has 1 unspecified atom stereocenters. The molecule has 1 atom stereocenters. The number of carbonyl (C=O) groups excluding carboxylic acids is 1. The van der Waals surface area contributed by atoms with Gasteiger partial charge in [0.2, 0.25) is 5.91 Å². The number of halogens is 3. The van der Waals surface area contributed by atoms with Crippen LogP contribution in [0.5, 0.6) is 0 Å². The summed E-state index contributed by atoms with van der Waals surface area (Å²) in [6.07, 6.45) is 6.94. The van der Waals surface area contributed by atoms with Crippen LogP contribution in [-0.2, 0) is 4.79 Å². The van der Waals surface area contributed by atoms with E-state index in [0.29, 0.717) is 22.2 Å². The standard InChI is InChI=1S/C28H24ClF2N5O/c1-36-15-5-8-18(36)9-14-23(37)34-21-13-12-20-25(24(21)17-6-3-2-4-7-17)28(33-16-32-20)35-22-11-10-19(30)26(29)27(22)31/h2-4,6-7,9-14,16,18H,5,8,15H2,1H3,(H,34,37)(H,32,33,35). The van der Waals surface area contributed by atoms with Crippen LogP contribution in [0.25, 0.3) is 22.0 Å². The van der Waals surface area contributed by atoms with Gasteiger partial charge in [-0.2, -0.15) is 0 Å². The van der Waals surface area contributed by atoms with Gasteiger partial charge in [-0.15, -0.1) is 0 Å². The van der Waals surface area contributed by atoms with E-state index in [1.807, 2.05) is 43.5 Å². The molecule has 4 aromatic rings. The van der Waals surface area contributed by atoms with E-state index in [1.165, 1.54) is 12.4 Å². The number of amides is 1. The van der Waals surface area contributed by atoms with Gasteiger partial charge >= 0.3 is 0 Å². The Kier molecular flexibility index (Phi) is 7.12. The third kappa shape index (κ3) is 5.16. The molecule has 37 heavy (non-hydrogen) atoms. The molecule has 9 heteroatoms. The van der Waals surface area contributed by atoms with E-state index in [1.54, 1.807) is 18.2 Å². The van der Waals surface area contributed by atoms with Crippen molar-refractivity contribution in [3.63, 3.8) is 0 Å². The van der Waals surface area contributed by atoms with E-state index in [4.69, 9.17) is 11.6 Å². The number of hydrogen-bond donors (Lipinski definition) is 2. The average molecular weight is 520 g/mol. The fourth-order valence-corrected chi connectivity index (χ4v) is 4.72. The van der Waals surface area contributed by atoms with E-state index >= 15 is 0 Å². The molecule has 188 valence electrons. The number of benzene rings is 3. The minimum Gasteiger partial charge on any atom is -0.337 e. The van der Waals surface area contributed by atoms with Crippen molar-refractivity contribution in [3.05, 3.63) is 89.7 Å². The number of carbonyl (C=O) groups is 1. The van der Waals surface area contributed by atoms with Gasteiger partial charge in [0, 0.05) is 23.4 Å². The molecule has 0 aliphatic carbocycles. The Bertz CT molecular complexity index is 1500. The molecule has 1 aromatic heterocycles. The van der Waals surface area contributed by atoms with Crippen molar-refractivity contribution in [1.29, 1.82) is 0 Å². The number of aromatic nitrogens is 2. The molecule has 1 fully saturated rings. The molecule has 0 radical (unpaired) electrons. The highest BCUT2D eigenvalue weighted by molar-refractivity contribution is 6.31. The Morgan fingerprint density at radius 2 is 1.86 bits per heavy atom. The number of nitrogens with zero attached hydrogens (tertiary/aromatic N) is 3. The van der Waals surface area contributed by atoms with Gasteiger partial charge in [-0.25, -0.2) is 18.7 Å². The first kappa shape index (κ1) is 24.8. The van der Waals surface area contributed by atoms with Gasteiger partial charge in [0.1, 0.15) is 23.0 Å². The van der Waals surface area contributed by atoms with Crippen LogP contribution in [0.2, 0.25) is 5.02 Å². The second-order valence-electron chi connectivity index (χ2n) is 8.86. The van der Waals surface area contributed by atoms with Crippen LogP contribution in [0, 0.1) is 11.6 Å². The maximum Gasteiger partial charge on any atom is 0.248 e. The molecule has 2 N–H and O–H groups in total. The Labute approximate surface area is 218 Å². The van der Waals surface area contributed by atoms with E-state index in [2.05, 4.69) is 25.5 Å². The van der Waals surface area contributed by atoms with Crippen LogP contribution < -0.4 is 10.6 Å². The summed E-state index contributed by atoms with van der Waals surface area (Å²) in [6.45, 7) is 1.01. The number of rotatable bonds is 6. The Morgan fingerprint density at radius 3 is 2.62 bits per heavy atom. The fraction of sp³-hybridized carbons (Fsp3) is 0.179. The molecule has 1 aliphatic heterocycles. The molecule has 0 bridgehead atoms. The average Bonchev–Trinajstić information content (AvgIpc) is 3.33. The van der Waals surface area contributed by atoms with E-state index < -0.39 is 16.7 Å². The molecule has 1 saturated heterocycles. The molecule has 0 spiro atoms. The summed E-state index contributed by atoms with van der Waals surface area (Å²) >= 11 is 5.78. The molecule has 0 saturated carbocycles. The van der Waals surface area contributed by atoms with Crippen molar-refractivity contribution in [2.24, 2.45) is 0 Å². The molecule has 5 rings (SSSR count). The maximum atomic E-state index is 14.7. The zero-order valence-corrected chi connectivity index (χ0v) is 20.8. The second kappa shape index (κ2) is 10.6. The minimum atomic E-state index is -0.929. The Morgan fingerprint density at radius 1 is 1.08 bits per heavy atom. The predicted molar refractivity (Wildman–Crippen MR) is 143 cm³/mol. The summed E-state index contributed by atoms with van der Waals surface area (Å²) in [4.78, 5) is 23.9. The molecule has 6 nitrogen and oxygen atoms in total. The van der Waals surface area contributed by atoms with Crippen molar-refractivity contribution in [1.82, 2.24) is 14.9 Å². The molecule has 2 heterocycles. The number of nitrogens with one attached hydrogen (secondary N) is 2. The van der Waals surface area contributed by atoms with Crippen LogP contribution in [0.4, 0.5) is 26.0 Å². The zero-order valence-electron chi connectivity index (χ0n) is 20.0. The van der Waals surface area contributed by atoms with E-state index in [-0.39, 0.29) is 23.5 Å². The first-order valence-electron chi connectivity index (χ1n) is 11.9. The van der Waals surface area contributed by atoms with Crippen molar-refractivity contribution in [3.8, 4) is 11.1 Å². The first-order valence-corrected chi connectivity index (χ1v) is 12.2. The molecule has 3 aromatic carbocycles. The summed E-state index contributed by atoms with van der Waals surface area (Å²) in [5.41, 5.74) is 2.55. The van der Waals surface area contributed by atoms with Crippen molar-refractivity contribution in [2.45, 2.75) is 18.9 Å². The lowest BCUT2D eigenvalue weighted by atomic mass is 9.98. The zero-order chi connectivity index (χ0) is 25.9. The van der Waals surface area contributed by atoms with Gasteiger partial charge in [-0.1, -0.05) is 48.0 Å². The molecular formula is C28H24ClF2N5O. The van der Waals surface area contributed by atoms with Gasteiger partial charge in [-0.05, 0) is 56.3 Å². The summed E-state index contributed by atoms with van der Waals surface area (Å²) in [6, 6.07) is 15.6. The number of likely N-dealkylation sites (tertiary alicyclic amines) is 1. The van der Waals surface area contributed by atoms with E-state index in [0.717, 1.165) is 31.0 Å². The number of hydrogen-bond acceptors (Lipinski definition) is 5. The lowest BCUT2D eigenvalue weighted by Crippen LogP contribution is -2.23. The van der Waals surface area contributed by atoms with E-state index in [9.17, 15) is 13.6 Å². The summed E-state index contributed by atoms with van der Waals surface area (Å²) in [5.74, 6) is -1.77. The number of likely N-dealkylation sites (N-methyl/N-ethyl adjacent to an activating group) is 1. The first-order chi connectivity index (χ1) is 17.9. The third-order valence-corrected chi connectivity index (χ3v) is 6.81. The largest absolute Gasteiger partial charge is 0.337 e. The molecule has 1 aliphatic rings. The van der Waals surface area contributed by atoms with Gasteiger partial charge in [0.25, 0.3) is 0 Å². The number of anilines is 3. The highest BCUT2D eigenvalue weighted by atomic mass is 35.5. The van der Waals surface area contributed by atoms with Gasteiger partial charge in [0.05, 0.1) is 16.6 Å². The smallest absolute Gasteiger partial charge is 0.248 e. The lowest BCUT2D eigenvalue weighted by molar-refractivity contribution is -0.111. The van der Waals surface area contributed by atoms with Crippen LogP contribution in [0.15, 0.2) is 73.1 Å². The van der Waals surface area contributed by atoms with Crippen molar-refractivity contribution < 1.29 is 13.6 Å². The van der Waals surface area contributed by atoms with Crippen LogP contribution in [-0.4, -0.2) is 40.4 Å². The monoisotopic (exact) mass is 519 g/mol. The minimum absolute atomic E-state index is 0.0385. The lowest BCUT2D eigenvalue weighted by Gasteiger charge is -2.17. The summed E-state index contributed by atoms with van der Waals surface area (Å²) in [5, 5.41) is 5.87. The van der Waals surface area contributed by atoms with Crippen LogP contribution >= 0.6 is 11.6 Å². The topological polar surface area (TPSA) is 70.2 Å². The van der Waals surface area contributed by atoms with Crippen LogP contribution in [0.1, 0.15) is 12.8 Å². The highest BCUT2D eigenvalue weighted by Crippen LogP contribution is 2.39. The summed E-state index contributed by atoms with van der Waals surface area (Å²) < 4.78 is 28.4. The predicted octanol–water partition coefficient (Wildman–Crippen LogP) is 6.56. The quantitative estimate of drug-likeness (QED) is 0.223. The Balaban J connectivity index is 1.59.